The zero-order valence-corrected chi connectivity index (χ0v) is 14.3. The van der Waals surface area contributed by atoms with E-state index in [1.807, 2.05) is 30.3 Å². The Balaban J connectivity index is 1.77. The zero-order chi connectivity index (χ0) is 19.4. The highest BCUT2D eigenvalue weighted by atomic mass is 19.2. The number of nitrogens with zero attached hydrogens (tertiary/aromatic N) is 3. The van der Waals surface area contributed by atoms with Gasteiger partial charge in [0.2, 0.25) is 5.95 Å². The summed E-state index contributed by atoms with van der Waals surface area (Å²) in [6.07, 6.45) is 1.39. The molecule has 0 fully saturated rings. The van der Waals surface area contributed by atoms with E-state index in [9.17, 15) is 18.0 Å². The molecule has 138 valence electrons. The summed E-state index contributed by atoms with van der Waals surface area (Å²) in [5.41, 5.74) is 0.517. The second kappa shape index (κ2) is 7.86. The third kappa shape index (κ3) is 4.22. The van der Waals surface area contributed by atoms with E-state index in [4.69, 9.17) is 0 Å². The molecule has 0 saturated carbocycles. The SMILES string of the molecule is CN(Cc1ccccc1)c1nccc(C(=O)Nc2ccc(F)c(F)c2F)n1. The topological polar surface area (TPSA) is 58.1 Å². The number of amides is 1. The van der Waals surface area contributed by atoms with Gasteiger partial charge in [0.05, 0.1) is 5.69 Å². The average Bonchev–Trinajstić information content (AvgIpc) is 2.69. The van der Waals surface area contributed by atoms with Crippen LogP contribution in [-0.2, 0) is 6.54 Å². The maximum atomic E-state index is 13.7. The third-order valence-corrected chi connectivity index (χ3v) is 3.76. The Morgan fingerprint density at radius 1 is 1.04 bits per heavy atom. The van der Waals surface area contributed by atoms with Crippen LogP contribution >= 0.6 is 0 Å². The molecule has 0 saturated heterocycles. The fourth-order valence-electron chi connectivity index (χ4n) is 2.40. The molecular formula is C19H15F3N4O. The summed E-state index contributed by atoms with van der Waals surface area (Å²) in [5, 5.41) is 2.18. The van der Waals surface area contributed by atoms with Crippen molar-refractivity contribution in [1.29, 1.82) is 0 Å². The Morgan fingerprint density at radius 3 is 2.52 bits per heavy atom. The maximum Gasteiger partial charge on any atom is 0.274 e. The van der Waals surface area contributed by atoms with Crippen molar-refractivity contribution in [3.63, 3.8) is 0 Å². The van der Waals surface area contributed by atoms with Crippen LogP contribution in [0.2, 0.25) is 0 Å². The van der Waals surface area contributed by atoms with Crippen LogP contribution < -0.4 is 10.2 Å². The molecule has 1 aromatic heterocycles. The van der Waals surface area contributed by atoms with Gasteiger partial charge in [-0.2, -0.15) is 0 Å². The standard InChI is InChI=1S/C19H15F3N4O/c1-26(11-12-5-3-2-4-6-12)19-23-10-9-15(25-19)18(27)24-14-8-7-13(20)16(21)17(14)22/h2-10H,11H2,1H3,(H,24,27). The quantitative estimate of drug-likeness (QED) is 0.693. The summed E-state index contributed by atoms with van der Waals surface area (Å²) in [4.78, 5) is 22.3. The van der Waals surface area contributed by atoms with Gasteiger partial charge in [0, 0.05) is 19.8 Å². The summed E-state index contributed by atoms with van der Waals surface area (Å²) in [5.74, 6) is -4.94. The lowest BCUT2D eigenvalue weighted by atomic mass is 10.2. The minimum atomic E-state index is -1.65. The molecule has 0 aliphatic carbocycles. The lowest BCUT2D eigenvalue weighted by Gasteiger charge is -2.17. The summed E-state index contributed by atoms with van der Waals surface area (Å²) >= 11 is 0. The van der Waals surface area contributed by atoms with Crippen LogP contribution in [0.15, 0.2) is 54.7 Å². The van der Waals surface area contributed by atoms with Gasteiger partial charge in [-0.15, -0.1) is 0 Å². The lowest BCUT2D eigenvalue weighted by molar-refractivity contribution is 0.102. The Morgan fingerprint density at radius 2 is 1.78 bits per heavy atom. The second-order valence-corrected chi connectivity index (χ2v) is 5.76. The largest absolute Gasteiger partial charge is 0.340 e. The van der Waals surface area contributed by atoms with Crippen LogP contribution in [0.5, 0.6) is 0 Å². The highest BCUT2D eigenvalue weighted by Gasteiger charge is 2.17. The van der Waals surface area contributed by atoms with Gasteiger partial charge < -0.3 is 10.2 Å². The highest BCUT2D eigenvalue weighted by molar-refractivity contribution is 6.03. The highest BCUT2D eigenvalue weighted by Crippen LogP contribution is 2.20. The van der Waals surface area contributed by atoms with Gasteiger partial charge in [0.1, 0.15) is 5.69 Å². The van der Waals surface area contributed by atoms with Crippen LogP contribution in [0, 0.1) is 17.5 Å². The minimum absolute atomic E-state index is 0.0379. The number of rotatable bonds is 5. The molecule has 1 heterocycles. The van der Waals surface area contributed by atoms with E-state index in [2.05, 4.69) is 15.3 Å². The zero-order valence-electron chi connectivity index (χ0n) is 14.3. The van der Waals surface area contributed by atoms with Crippen molar-refractivity contribution >= 4 is 17.5 Å². The van der Waals surface area contributed by atoms with Crippen LogP contribution in [0.3, 0.4) is 0 Å². The van der Waals surface area contributed by atoms with E-state index < -0.39 is 29.0 Å². The first-order valence-electron chi connectivity index (χ1n) is 7.98. The van der Waals surface area contributed by atoms with E-state index in [0.717, 1.165) is 17.7 Å². The third-order valence-electron chi connectivity index (χ3n) is 3.76. The molecule has 0 aliphatic heterocycles. The summed E-state index contributed by atoms with van der Waals surface area (Å²) in [7, 11) is 1.76. The number of aromatic nitrogens is 2. The monoisotopic (exact) mass is 372 g/mol. The maximum absolute atomic E-state index is 13.7. The van der Waals surface area contributed by atoms with E-state index in [1.165, 1.54) is 12.3 Å². The van der Waals surface area contributed by atoms with E-state index >= 15 is 0 Å². The first kappa shape index (κ1) is 18.4. The van der Waals surface area contributed by atoms with Crippen molar-refractivity contribution in [1.82, 2.24) is 9.97 Å². The van der Waals surface area contributed by atoms with Gasteiger partial charge in [-0.3, -0.25) is 4.79 Å². The predicted octanol–water partition coefficient (Wildman–Crippen LogP) is 3.78. The first-order chi connectivity index (χ1) is 13.0. The second-order valence-electron chi connectivity index (χ2n) is 5.76. The molecule has 3 aromatic rings. The van der Waals surface area contributed by atoms with Crippen molar-refractivity contribution in [3.05, 3.63) is 83.4 Å². The molecule has 0 radical (unpaired) electrons. The molecule has 3 rings (SSSR count). The van der Waals surface area contributed by atoms with Crippen LogP contribution in [0.4, 0.5) is 24.8 Å². The number of anilines is 2. The van der Waals surface area contributed by atoms with E-state index in [-0.39, 0.29) is 11.6 Å². The molecule has 0 spiro atoms. The van der Waals surface area contributed by atoms with Gasteiger partial charge in [-0.1, -0.05) is 30.3 Å². The number of benzene rings is 2. The van der Waals surface area contributed by atoms with Gasteiger partial charge in [-0.25, -0.2) is 23.1 Å². The molecule has 1 amide bonds. The molecule has 5 nitrogen and oxygen atoms in total. The Hall–Kier alpha value is -3.42. The fourth-order valence-corrected chi connectivity index (χ4v) is 2.40. The van der Waals surface area contributed by atoms with Crippen LogP contribution in [-0.4, -0.2) is 22.9 Å². The fraction of sp³-hybridized carbons (Fsp3) is 0.105. The lowest BCUT2D eigenvalue weighted by Crippen LogP contribution is -2.22. The van der Waals surface area contributed by atoms with Gasteiger partial charge in [0.25, 0.3) is 5.91 Å². The van der Waals surface area contributed by atoms with E-state index in [1.54, 1.807) is 11.9 Å². The normalized spacial score (nSPS) is 10.5. The van der Waals surface area contributed by atoms with Gasteiger partial charge in [0.15, 0.2) is 17.5 Å². The number of hydrogen-bond donors (Lipinski definition) is 1. The molecular weight excluding hydrogens is 357 g/mol. The molecule has 27 heavy (non-hydrogen) atoms. The number of nitrogens with one attached hydrogen (secondary N) is 1. The molecule has 1 N–H and O–H groups in total. The predicted molar refractivity (Wildman–Crippen MR) is 94.9 cm³/mol. The molecule has 8 heteroatoms. The van der Waals surface area contributed by atoms with Crippen molar-refractivity contribution in [2.24, 2.45) is 0 Å². The molecule has 0 bridgehead atoms. The Labute approximate surface area is 153 Å². The Kier molecular flexibility index (Phi) is 5.35. The first-order valence-corrected chi connectivity index (χ1v) is 7.98. The summed E-state index contributed by atoms with van der Waals surface area (Å²) < 4.78 is 40.0. The minimum Gasteiger partial charge on any atom is -0.340 e. The summed E-state index contributed by atoms with van der Waals surface area (Å²) in [6, 6.07) is 12.6. The molecule has 0 aliphatic rings. The van der Waals surface area contributed by atoms with Crippen molar-refractivity contribution < 1.29 is 18.0 Å². The molecule has 2 aromatic carbocycles. The number of carbonyl (C=O) groups is 1. The van der Waals surface area contributed by atoms with Crippen molar-refractivity contribution in [2.75, 3.05) is 17.3 Å². The van der Waals surface area contributed by atoms with Crippen molar-refractivity contribution in [3.8, 4) is 0 Å². The van der Waals surface area contributed by atoms with Crippen LogP contribution in [0.1, 0.15) is 16.1 Å². The number of halogens is 3. The number of carbonyl (C=O) groups excluding carboxylic acids is 1. The number of hydrogen-bond acceptors (Lipinski definition) is 4. The van der Waals surface area contributed by atoms with Crippen molar-refractivity contribution in [2.45, 2.75) is 6.54 Å². The summed E-state index contributed by atoms with van der Waals surface area (Å²) in [6.45, 7) is 0.518. The van der Waals surface area contributed by atoms with Gasteiger partial charge >= 0.3 is 0 Å². The smallest absolute Gasteiger partial charge is 0.274 e. The van der Waals surface area contributed by atoms with Gasteiger partial charge in [-0.05, 0) is 23.8 Å². The Bertz CT molecular complexity index is 966. The molecule has 0 unspecified atom stereocenters. The molecule has 0 atom stereocenters. The van der Waals surface area contributed by atoms with Crippen LogP contribution in [0.25, 0.3) is 0 Å². The average molecular weight is 372 g/mol. The van der Waals surface area contributed by atoms with E-state index in [0.29, 0.717) is 6.54 Å².